The van der Waals surface area contributed by atoms with Gasteiger partial charge < -0.3 is 14.5 Å². The van der Waals surface area contributed by atoms with Gasteiger partial charge in [0.15, 0.2) is 0 Å². The SMILES string of the molecule is Cc1ccc(C(=O)Oc2nc3c([nH]2)COCC3(C)C)c(C)c1. The Kier molecular flexibility index (Phi) is 3.53. The molecule has 5 nitrogen and oxygen atoms in total. The summed E-state index contributed by atoms with van der Waals surface area (Å²) in [4.78, 5) is 19.8. The number of imidazole rings is 1. The summed E-state index contributed by atoms with van der Waals surface area (Å²) in [7, 11) is 0. The van der Waals surface area contributed by atoms with Gasteiger partial charge in [0.2, 0.25) is 0 Å². The van der Waals surface area contributed by atoms with E-state index in [0.717, 1.165) is 22.5 Å². The van der Waals surface area contributed by atoms with Crippen LogP contribution in [-0.4, -0.2) is 22.5 Å². The molecule has 0 spiro atoms. The first-order chi connectivity index (χ1) is 10.4. The predicted molar refractivity (Wildman–Crippen MR) is 82.1 cm³/mol. The molecule has 0 unspecified atom stereocenters. The third-order valence-corrected chi connectivity index (χ3v) is 3.90. The van der Waals surface area contributed by atoms with Gasteiger partial charge in [0.1, 0.15) is 0 Å². The van der Waals surface area contributed by atoms with Gasteiger partial charge in [-0.3, -0.25) is 0 Å². The second-order valence-electron chi connectivity index (χ2n) is 6.45. The smallest absolute Gasteiger partial charge is 0.346 e. The van der Waals surface area contributed by atoms with Crippen LogP contribution in [0.4, 0.5) is 0 Å². The van der Waals surface area contributed by atoms with Crippen LogP contribution >= 0.6 is 0 Å². The maximum Gasteiger partial charge on any atom is 0.346 e. The molecule has 2 heterocycles. The first-order valence-corrected chi connectivity index (χ1v) is 7.33. The minimum absolute atomic E-state index is 0.186. The molecule has 0 aliphatic carbocycles. The minimum atomic E-state index is -0.401. The molecular weight excluding hydrogens is 280 g/mol. The highest BCUT2D eigenvalue weighted by molar-refractivity contribution is 5.92. The first kappa shape index (κ1) is 14.8. The Hall–Kier alpha value is -2.14. The minimum Gasteiger partial charge on any atom is -0.388 e. The lowest BCUT2D eigenvalue weighted by atomic mass is 9.88. The second kappa shape index (κ2) is 5.25. The highest BCUT2D eigenvalue weighted by atomic mass is 16.5. The van der Waals surface area contributed by atoms with E-state index < -0.39 is 5.97 Å². The number of hydrogen-bond donors (Lipinski definition) is 1. The summed E-state index contributed by atoms with van der Waals surface area (Å²) in [5.41, 5.74) is 4.15. The summed E-state index contributed by atoms with van der Waals surface area (Å²) in [6, 6.07) is 5.87. The van der Waals surface area contributed by atoms with Crippen molar-refractivity contribution in [3.8, 4) is 6.01 Å². The molecule has 0 saturated carbocycles. The van der Waals surface area contributed by atoms with E-state index in [-0.39, 0.29) is 11.4 Å². The van der Waals surface area contributed by atoms with E-state index in [2.05, 4.69) is 23.8 Å². The van der Waals surface area contributed by atoms with Gasteiger partial charge >= 0.3 is 12.0 Å². The average molecular weight is 300 g/mol. The number of nitrogens with one attached hydrogen (secondary N) is 1. The summed E-state index contributed by atoms with van der Waals surface area (Å²) in [6.45, 7) is 9.07. The zero-order valence-electron chi connectivity index (χ0n) is 13.3. The van der Waals surface area contributed by atoms with Crippen LogP contribution in [-0.2, 0) is 16.8 Å². The number of esters is 1. The Morgan fingerprint density at radius 1 is 1.36 bits per heavy atom. The fourth-order valence-electron chi connectivity index (χ4n) is 2.76. The zero-order valence-corrected chi connectivity index (χ0v) is 13.3. The van der Waals surface area contributed by atoms with Gasteiger partial charge in [0.25, 0.3) is 0 Å². The molecule has 1 aliphatic rings. The van der Waals surface area contributed by atoms with Crippen LogP contribution in [0.3, 0.4) is 0 Å². The van der Waals surface area contributed by atoms with E-state index in [0.29, 0.717) is 18.8 Å². The molecule has 0 saturated heterocycles. The van der Waals surface area contributed by atoms with Crippen molar-refractivity contribution in [1.29, 1.82) is 0 Å². The van der Waals surface area contributed by atoms with E-state index in [9.17, 15) is 4.79 Å². The summed E-state index contributed by atoms with van der Waals surface area (Å²) < 4.78 is 10.9. The van der Waals surface area contributed by atoms with Crippen molar-refractivity contribution in [2.75, 3.05) is 6.61 Å². The third kappa shape index (κ3) is 2.64. The van der Waals surface area contributed by atoms with Crippen LogP contribution < -0.4 is 4.74 Å². The number of H-pyrrole nitrogens is 1. The molecule has 0 bridgehead atoms. The molecule has 0 atom stereocenters. The van der Waals surface area contributed by atoms with Crippen LogP contribution in [0.15, 0.2) is 18.2 Å². The maximum absolute atomic E-state index is 12.3. The number of rotatable bonds is 2. The van der Waals surface area contributed by atoms with E-state index >= 15 is 0 Å². The number of benzene rings is 1. The quantitative estimate of drug-likeness (QED) is 0.866. The third-order valence-electron chi connectivity index (χ3n) is 3.90. The number of aromatic amines is 1. The highest BCUT2D eigenvalue weighted by Crippen LogP contribution is 2.31. The standard InChI is InChI=1S/C17H20N2O3/c1-10-5-6-12(11(2)7-10)15(20)22-16-18-13-8-21-9-17(3,4)14(13)19-16/h5-7H,8-9H2,1-4H3,(H,18,19). The van der Waals surface area contributed by atoms with Crippen molar-refractivity contribution < 1.29 is 14.3 Å². The van der Waals surface area contributed by atoms with Gasteiger partial charge in [-0.05, 0) is 25.5 Å². The number of fused-ring (bicyclic) bond motifs is 1. The molecule has 0 fully saturated rings. The van der Waals surface area contributed by atoms with Crippen molar-refractivity contribution in [2.24, 2.45) is 0 Å². The lowest BCUT2D eigenvalue weighted by Gasteiger charge is -2.27. The molecule has 5 heteroatoms. The number of aromatic nitrogens is 2. The number of carbonyl (C=O) groups is 1. The summed E-state index contributed by atoms with van der Waals surface area (Å²) in [5, 5.41) is 0. The molecule has 22 heavy (non-hydrogen) atoms. The highest BCUT2D eigenvalue weighted by Gasteiger charge is 2.32. The monoisotopic (exact) mass is 300 g/mol. The van der Waals surface area contributed by atoms with Gasteiger partial charge in [0.05, 0.1) is 30.2 Å². The fraction of sp³-hybridized carbons (Fsp3) is 0.412. The summed E-state index contributed by atoms with van der Waals surface area (Å²) in [6.07, 6.45) is 0. The Morgan fingerprint density at radius 2 is 2.14 bits per heavy atom. The molecule has 2 aromatic rings. The number of aryl methyl sites for hydroxylation is 2. The Bertz CT molecular complexity index is 732. The largest absolute Gasteiger partial charge is 0.388 e. The lowest BCUT2D eigenvalue weighted by molar-refractivity contribution is 0.0605. The van der Waals surface area contributed by atoms with Crippen LogP contribution in [0.2, 0.25) is 0 Å². The van der Waals surface area contributed by atoms with E-state index in [1.54, 1.807) is 6.07 Å². The van der Waals surface area contributed by atoms with Crippen molar-refractivity contribution >= 4 is 5.97 Å². The topological polar surface area (TPSA) is 64.2 Å². The first-order valence-electron chi connectivity index (χ1n) is 7.33. The fourth-order valence-corrected chi connectivity index (χ4v) is 2.76. The van der Waals surface area contributed by atoms with Crippen molar-refractivity contribution in [3.05, 3.63) is 46.3 Å². The normalized spacial score (nSPS) is 16.2. The van der Waals surface area contributed by atoms with Gasteiger partial charge in [-0.1, -0.05) is 31.5 Å². The molecular formula is C17H20N2O3. The molecule has 1 aromatic heterocycles. The molecule has 3 rings (SSSR count). The van der Waals surface area contributed by atoms with Crippen molar-refractivity contribution in [2.45, 2.75) is 39.7 Å². The second-order valence-corrected chi connectivity index (χ2v) is 6.45. The average Bonchev–Trinajstić information content (AvgIpc) is 2.82. The van der Waals surface area contributed by atoms with Gasteiger partial charge in [0, 0.05) is 5.41 Å². The van der Waals surface area contributed by atoms with Crippen molar-refractivity contribution in [1.82, 2.24) is 9.97 Å². The van der Waals surface area contributed by atoms with E-state index in [1.165, 1.54) is 0 Å². The van der Waals surface area contributed by atoms with Crippen molar-refractivity contribution in [3.63, 3.8) is 0 Å². The Morgan fingerprint density at radius 3 is 2.82 bits per heavy atom. The van der Waals surface area contributed by atoms with E-state index in [1.807, 2.05) is 26.0 Å². The summed E-state index contributed by atoms with van der Waals surface area (Å²) >= 11 is 0. The summed E-state index contributed by atoms with van der Waals surface area (Å²) in [5.74, 6) is -0.401. The number of nitrogens with zero attached hydrogens (tertiary/aromatic N) is 1. The van der Waals surface area contributed by atoms with Crippen LogP contribution in [0.25, 0.3) is 0 Å². The number of ether oxygens (including phenoxy) is 2. The van der Waals surface area contributed by atoms with Gasteiger partial charge in [-0.25, -0.2) is 4.79 Å². The molecule has 1 aromatic carbocycles. The lowest BCUT2D eigenvalue weighted by Crippen LogP contribution is -2.30. The Balaban J connectivity index is 1.85. The van der Waals surface area contributed by atoms with Crippen LogP contribution in [0.5, 0.6) is 6.01 Å². The zero-order chi connectivity index (χ0) is 15.9. The molecule has 1 N–H and O–H groups in total. The van der Waals surface area contributed by atoms with E-state index in [4.69, 9.17) is 9.47 Å². The molecule has 0 radical (unpaired) electrons. The van der Waals surface area contributed by atoms with Gasteiger partial charge in [-0.15, -0.1) is 0 Å². The van der Waals surface area contributed by atoms with Crippen LogP contribution in [0, 0.1) is 13.8 Å². The predicted octanol–water partition coefficient (Wildman–Crippen LogP) is 3.05. The van der Waals surface area contributed by atoms with Crippen LogP contribution in [0.1, 0.15) is 46.7 Å². The van der Waals surface area contributed by atoms with Gasteiger partial charge in [-0.2, -0.15) is 4.98 Å². The molecule has 1 aliphatic heterocycles. The molecule has 0 amide bonds. The number of hydrogen-bond acceptors (Lipinski definition) is 4. The maximum atomic E-state index is 12.3. The number of carbonyl (C=O) groups excluding carboxylic acids is 1. The molecule has 116 valence electrons. The Labute approximate surface area is 129 Å².